The predicted octanol–water partition coefficient (Wildman–Crippen LogP) is 2.18. The second-order valence-electron chi connectivity index (χ2n) is 5.86. The summed E-state index contributed by atoms with van der Waals surface area (Å²) < 4.78 is 5.52. The first-order valence-corrected chi connectivity index (χ1v) is 8.39. The van der Waals surface area contributed by atoms with E-state index in [1.54, 1.807) is 14.2 Å². The van der Waals surface area contributed by atoms with Crippen LogP contribution in [0.15, 0.2) is 0 Å². The summed E-state index contributed by atoms with van der Waals surface area (Å²) in [6.07, 6.45) is 4.87. The smallest absolute Gasteiger partial charge is 0.263 e. The Balaban J connectivity index is 1.95. The summed E-state index contributed by atoms with van der Waals surface area (Å²) in [7, 11) is 3.43. The predicted molar refractivity (Wildman–Crippen MR) is 86.3 cm³/mol. The van der Waals surface area contributed by atoms with Gasteiger partial charge in [0.15, 0.2) is 0 Å². The van der Waals surface area contributed by atoms with Crippen molar-refractivity contribution in [3.05, 3.63) is 10.4 Å². The lowest BCUT2D eigenvalue weighted by molar-refractivity contribution is 0.0895. The van der Waals surface area contributed by atoms with Gasteiger partial charge in [-0.15, -0.1) is 11.3 Å². The standard InChI is InChI=1S/C15H23N3O2S/c1-17-14(19)13-12(16)11(9-5-6-9)15(21-13)18-7-3-4-10(8-18)20-2/h9-10H,3-8,16H2,1-2H3,(H,17,19). The Morgan fingerprint density at radius 1 is 1.43 bits per heavy atom. The Hall–Kier alpha value is -1.27. The number of carbonyl (C=O) groups excluding carboxylic acids is 1. The number of hydrogen-bond donors (Lipinski definition) is 2. The summed E-state index contributed by atoms with van der Waals surface area (Å²) in [5, 5.41) is 3.88. The Morgan fingerprint density at radius 2 is 2.19 bits per heavy atom. The molecule has 5 nitrogen and oxygen atoms in total. The fourth-order valence-corrected chi connectivity index (χ4v) is 4.33. The summed E-state index contributed by atoms with van der Waals surface area (Å²) in [5.41, 5.74) is 8.18. The van der Waals surface area contributed by atoms with Crippen LogP contribution >= 0.6 is 11.3 Å². The van der Waals surface area contributed by atoms with Gasteiger partial charge in [0.1, 0.15) is 4.88 Å². The van der Waals surface area contributed by atoms with Crippen molar-refractivity contribution in [1.82, 2.24) is 5.32 Å². The number of hydrogen-bond acceptors (Lipinski definition) is 5. The third kappa shape index (κ3) is 2.74. The van der Waals surface area contributed by atoms with Gasteiger partial charge in [0, 0.05) is 32.8 Å². The molecule has 2 aliphatic rings. The van der Waals surface area contributed by atoms with Crippen LogP contribution in [0.4, 0.5) is 10.7 Å². The summed E-state index contributed by atoms with van der Waals surface area (Å²) in [5.74, 6) is 0.462. The molecule has 21 heavy (non-hydrogen) atoms. The molecule has 3 rings (SSSR count). The average Bonchev–Trinajstić information content (AvgIpc) is 3.29. The van der Waals surface area contributed by atoms with Gasteiger partial charge in [0.05, 0.1) is 16.8 Å². The van der Waals surface area contributed by atoms with Crippen molar-refractivity contribution in [2.45, 2.75) is 37.7 Å². The van der Waals surface area contributed by atoms with Crippen LogP contribution in [0, 0.1) is 0 Å². The maximum atomic E-state index is 12.0. The molecule has 0 radical (unpaired) electrons. The van der Waals surface area contributed by atoms with E-state index in [0.717, 1.165) is 25.9 Å². The molecule has 1 unspecified atom stereocenters. The van der Waals surface area contributed by atoms with Crippen LogP contribution in [-0.4, -0.2) is 39.3 Å². The van der Waals surface area contributed by atoms with Crippen LogP contribution < -0.4 is 16.0 Å². The highest BCUT2D eigenvalue weighted by Crippen LogP contribution is 2.52. The van der Waals surface area contributed by atoms with Gasteiger partial charge in [-0.1, -0.05) is 0 Å². The number of piperidine rings is 1. The molecule has 1 aromatic heterocycles. The van der Waals surface area contributed by atoms with Crippen molar-refractivity contribution in [1.29, 1.82) is 0 Å². The molecule has 3 N–H and O–H groups in total. The zero-order chi connectivity index (χ0) is 15.0. The van der Waals surface area contributed by atoms with Gasteiger partial charge in [-0.05, 0) is 31.6 Å². The largest absolute Gasteiger partial charge is 0.397 e. The van der Waals surface area contributed by atoms with Gasteiger partial charge in [-0.3, -0.25) is 4.79 Å². The lowest BCUT2D eigenvalue weighted by atomic mass is 10.1. The van der Waals surface area contributed by atoms with Gasteiger partial charge in [-0.25, -0.2) is 0 Å². The van der Waals surface area contributed by atoms with Crippen LogP contribution in [0.3, 0.4) is 0 Å². The van der Waals surface area contributed by atoms with Crippen LogP contribution in [0.2, 0.25) is 0 Å². The number of ether oxygens (including phenoxy) is 1. The van der Waals surface area contributed by atoms with Gasteiger partial charge in [0.2, 0.25) is 0 Å². The number of nitrogens with one attached hydrogen (secondary N) is 1. The molecule has 0 spiro atoms. The van der Waals surface area contributed by atoms with Gasteiger partial charge in [-0.2, -0.15) is 0 Å². The number of nitrogens with two attached hydrogens (primary N) is 1. The second-order valence-corrected chi connectivity index (χ2v) is 6.86. The van der Waals surface area contributed by atoms with Gasteiger partial charge < -0.3 is 20.7 Å². The van der Waals surface area contributed by atoms with Crippen LogP contribution in [0.25, 0.3) is 0 Å². The Bertz CT molecular complexity index is 539. The average molecular weight is 309 g/mol. The number of nitrogens with zero attached hydrogens (tertiary/aromatic N) is 1. The van der Waals surface area contributed by atoms with Crippen molar-refractivity contribution in [3.63, 3.8) is 0 Å². The zero-order valence-electron chi connectivity index (χ0n) is 12.6. The highest BCUT2D eigenvalue weighted by molar-refractivity contribution is 7.18. The molecule has 1 saturated heterocycles. The Labute approximate surface area is 129 Å². The molecule has 1 amide bonds. The van der Waals surface area contributed by atoms with Crippen molar-refractivity contribution in [2.75, 3.05) is 37.9 Å². The van der Waals surface area contributed by atoms with Crippen molar-refractivity contribution in [3.8, 4) is 0 Å². The molecule has 6 heteroatoms. The van der Waals surface area contributed by atoms with E-state index >= 15 is 0 Å². The minimum atomic E-state index is -0.0778. The van der Waals surface area contributed by atoms with Crippen LogP contribution in [0.5, 0.6) is 0 Å². The van der Waals surface area contributed by atoms with E-state index in [4.69, 9.17) is 10.5 Å². The number of rotatable bonds is 4. The van der Waals surface area contributed by atoms with Crippen LogP contribution in [-0.2, 0) is 4.74 Å². The normalized spacial score (nSPS) is 22.4. The van der Waals surface area contributed by atoms with Crippen molar-refractivity contribution in [2.24, 2.45) is 0 Å². The molecule has 1 atom stereocenters. The first kappa shape index (κ1) is 14.7. The molecule has 1 aliphatic carbocycles. The summed E-state index contributed by atoms with van der Waals surface area (Å²) in [6, 6.07) is 0. The molecule has 1 aromatic rings. The monoisotopic (exact) mass is 309 g/mol. The quantitative estimate of drug-likeness (QED) is 0.894. The molecule has 2 fully saturated rings. The number of carbonyl (C=O) groups is 1. The zero-order valence-corrected chi connectivity index (χ0v) is 13.5. The maximum absolute atomic E-state index is 12.0. The molecule has 116 valence electrons. The third-order valence-corrected chi connectivity index (χ3v) is 5.66. The molecule has 2 heterocycles. The van der Waals surface area contributed by atoms with E-state index in [1.165, 1.54) is 34.7 Å². The fraction of sp³-hybridized carbons (Fsp3) is 0.667. The minimum absolute atomic E-state index is 0.0778. The number of nitrogen functional groups attached to an aromatic ring is 1. The van der Waals surface area contributed by atoms with E-state index < -0.39 is 0 Å². The molecule has 1 aliphatic heterocycles. The SMILES string of the molecule is CNC(=O)c1sc(N2CCCC(OC)C2)c(C2CC2)c1N. The van der Waals surface area contributed by atoms with Crippen LogP contribution in [0.1, 0.15) is 46.8 Å². The topological polar surface area (TPSA) is 67.6 Å². The molecular formula is C15H23N3O2S. The van der Waals surface area contributed by atoms with E-state index in [2.05, 4.69) is 10.2 Å². The van der Waals surface area contributed by atoms with E-state index in [9.17, 15) is 4.79 Å². The lowest BCUT2D eigenvalue weighted by Gasteiger charge is -2.33. The number of anilines is 2. The van der Waals surface area contributed by atoms with Crippen molar-refractivity contribution < 1.29 is 9.53 Å². The summed E-state index contributed by atoms with van der Waals surface area (Å²) in [6.45, 7) is 1.91. The molecule has 0 aromatic carbocycles. The van der Waals surface area contributed by atoms with Crippen molar-refractivity contribution >= 4 is 27.9 Å². The van der Waals surface area contributed by atoms with E-state index in [-0.39, 0.29) is 12.0 Å². The Kier molecular flexibility index (Phi) is 4.08. The molecule has 0 bridgehead atoms. The highest BCUT2D eigenvalue weighted by Gasteiger charge is 2.35. The molecule has 1 saturated carbocycles. The number of methoxy groups -OCH3 is 1. The summed E-state index contributed by atoms with van der Waals surface area (Å²) in [4.78, 5) is 15.0. The first-order valence-electron chi connectivity index (χ1n) is 7.57. The third-order valence-electron chi connectivity index (χ3n) is 4.38. The number of amides is 1. The highest BCUT2D eigenvalue weighted by atomic mass is 32.1. The summed E-state index contributed by atoms with van der Waals surface area (Å²) >= 11 is 1.54. The minimum Gasteiger partial charge on any atom is -0.397 e. The lowest BCUT2D eigenvalue weighted by Crippen LogP contribution is -2.39. The van der Waals surface area contributed by atoms with E-state index in [1.807, 2.05) is 0 Å². The maximum Gasteiger partial charge on any atom is 0.263 e. The fourth-order valence-electron chi connectivity index (χ4n) is 3.04. The molecular weight excluding hydrogens is 286 g/mol. The Morgan fingerprint density at radius 3 is 2.81 bits per heavy atom. The van der Waals surface area contributed by atoms with E-state index in [0.29, 0.717) is 16.5 Å². The second kappa shape index (κ2) is 5.85. The number of thiophene rings is 1. The van der Waals surface area contributed by atoms with Gasteiger partial charge in [0.25, 0.3) is 5.91 Å². The van der Waals surface area contributed by atoms with Gasteiger partial charge >= 0.3 is 0 Å². The first-order chi connectivity index (χ1) is 10.2.